The summed E-state index contributed by atoms with van der Waals surface area (Å²) in [5.41, 5.74) is 0. The van der Waals surface area contributed by atoms with Crippen LogP contribution < -0.4 is 10.6 Å². The van der Waals surface area contributed by atoms with Crippen molar-refractivity contribution >= 4 is 11.8 Å². The average Bonchev–Trinajstić information content (AvgIpc) is 1.92. The summed E-state index contributed by atoms with van der Waals surface area (Å²) in [5.74, 6) is -1.55. The van der Waals surface area contributed by atoms with Gasteiger partial charge in [0.15, 0.2) is 44.0 Å². The topological polar surface area (TPSA) is 603 Å². The summed E-state index contributed by atoms with van der Waals surface area (Å²) in [6.45, 7) is -4.68. The number of carbonyl (C=O) groups is 2. The molecule has 2 amide bonds. The molecular weight excluding hydrogens is 1160 g/mol. The first kappa shape index (κ1) is 69.1. The van der Waals surface area contributed by atoms with E-state index >= 15 is 0 Å². The monoisotopic (exact) mass is 1230 g/mol. The van der Waals surface area contributed by atoms with E-state index in [1.54, 1.807) is 0 Å². The second kappa shape index (κ2) is 29.9. The van der Waals surface area contributed by atoms with Crippen molar-refractivity contribution in [3.05, 3.63) is 0 Å². The molecule has 7 heterocycles. The molecule has 7 fully saturated rings. The molecule has 0 aromatic rings. The van der Waals surface area contributed by atoms with Crippen LogP contribution in [0.1, 0.15) is 13.8 Å². The van der Waals surface area contributed by atoms with Gasteiger partial charge in [-0.2, -0.15) is 0 Å². The van der Waals surface area contributed by atoms with E-state index < -0.39 is 273 Å². The fourth-order valence-electron chi connectivity index (χ4n) is 10.6. The van der Waals surface area contributed by atoms with Gasteiger partial charge in [0.1, 0.15) is 171 Å². The van der Waals surface area contributed by atoms with Crippen LogP contribution in [0.15, 0.2) is 0 Å². The van der Waals surface area contributed by atoms with E-state index in [1.807, 2.05) is 0 Å². The zero-order chi connectivity index (χ0) is 61.9. The maximum Gasteiger partial charge on any atom is 0.217 e. The Kier molecular flexibility index (Phi) is 24.6. The number of amides is 2. The van der Waals surface area contributed by atoms with Gasteiger partial charge in [-0.25, -0.2) is 0 Å². The third-order valence-electron chi connectivity index (χ3n) is 15.3. The summed E-state index contributed by atoms with van der Waals surface area (Å²) in [5, 5.41) is 230. The van der Waals surface area contributed by atoms with Crippen LogP contribution in [0, 0.1) is 0 Å². The lowest BCUT2D eigenvalue weighted by Gasteiger charge is -2.49. The lowest BCUT2D eigenvalue weighted by atomic mass is 9.94. The molecule has 7 rings (SSSR count). The average molecular weight is 1240 g/mol. The number of rotatable bonds is 21. The number of hydrogen-bond acceptors (Lipinski definition) is 36. The number of aliphatic hydroxyl groups is 21. The van der Waals surface area contributed by atoms with Gasteiger partial charge >= 0.3 is 0 Å². The van der Waals surface area contributed by atoms with E-state index in [1.165, 1.54) is 0 Å². The Morgan fingerprint density at radius 1 is 0.310 bits per heavy atom. The van der Waals surface area contributed by atoms with Gasteiger partial charge < -0.3 is 179 Å². The van der Waals surface area contributed by atoms with E-state index in [0.29, 0.717) is 0 Å². The number of hydrogen-bond donors (Lipinski definition) is 23. The van der Waals surface area contributed by atoms with Crippen molar-refractivity contribution in [1.29, 1.82) is 0 Å². The summed E-state index contributed by atoms with van der Waals surface area (Å²) >= 11 is 0. The molecule has 84 heavy (non-hydrogen) atoms. The van der Waals surface area contributed by atoms with Crippen molar-refractivity contribution in [1.82, 2.24) is 10.6 Å². The quantitative estimate of drug-likeness (QED) is 0.0507. The van der Waals surface area contributed by atoms with Gasteiger partial charge in [0.2, 0.25) is 11.8 Å². The van der Waals surface area contributed by atoms with Gasteiger partial charge in [-0.05, 0) is 0 Å². The van der Waals surface area contributed by atoms with Crippen LogP contribution in [0.5, 0.6) is 0 Å². The molecule has 0 spiro atoms. The van der Waals surface area contributed by atoms with E-state index in [4.69, 9.17) is 61.6 Å². The minimum Gasteiger partial charge on any atom is -0.394 e. The fourth-order valence-corrected chi connectivity index (χ4v) is 10.6. The van der Waals surface area contributed by atoms with Gasteiger partial charge in [-0.3, -0.25) is 9.59 Å². The molecular formula is C46H78N2O36. The molecule has 0 aromatic heterocycles. The first-order valence-electron chi connectivity index (χ1n) is 26.6. The maximum absolute atomic E-state index is 12.5. The van der Waals surface area contributed by atoms with Crippen LogP contribution in [-0.2, 0) is 71.2 Å². The van der Waals surface area contributed by atoms with Crippen molar-refractivity contribution in [3.8, 4) is 0 Å². The first-order valence-corrected chi connectivity index (χ1v) is 26.6. The summed E-state index contributed by atoms with van der Waals surface area (Å²) in [6, 6.07) is -3.27. The maximum atomic E-state index is 12.5. The van der Waals surface area contributed by atoms with Gasteiger partial charge in [0, 0.05) is 13.8 Å². The van der Waals surface area contributed by atoms with Gasteiger partial charge in [-0.1, -0.05) is 0 Å². The Morgan fingerprint density at radius 3 is 1.12 bits per heavy atom. The molecule has 35 atom stereocenters. The van der Waals surface area contributed by atoms with Crippen molar-refractivity contribution in [2.75, 3.05) is 46.2 Å². The highest BCUT2D eigenvalue weighted by atomic mass is 16.8. The molecule has 7 saturated heterocycles. The standard InChI is InChI=1S/C46H78N2O36/c1-10(54)47-19-26(61)36(15(6-52)74-40(19)71)81-41-20(48-11(2)55)27(62)37(16(7-53)78-41)82-45-34(69)30(65)24(59)17(80-45)8-72-42-35(70)38(83-43-32(67)28(63)21(56)12(3-49)75-43)25(60)18(79-42)9-73-46-39(31(66)23(58)14(5-51)77-46)84-44-33(68)29(64)22(57)13(4-50)76-44/h12-46,49-53,56-71H,3-9H2,1-2H3,(H,47,54)(H,48,55)/t12-,13-,14-,15-,16-,17-,18-,19-,20-,21-,22-,23-,24-,25-,26-,27-,28+,29+,30+,31+,32+,33+,34+,35+,36-,37-,38+,39+,40-,41+,42+,43-,44-,45+,46+/m1/s1. The Hall–Kier alpha value is -2.42. The van der Waals surface area contributed by atoms with Crippen LogP contribution >= 0.6 is 0 Å². The van der Waals surface area contributed by atoms with Crippen LogP contribution in [0.3, 0.4) is 0 Å². The van der Waals surface area contributed by atoms with Crippen molar-refractivity contribution < 1.29 is 178 Å². The van der Waals surface area contributed by atoms with Crippen LogP contribution in [-0.4, -0.2) is 380 Å². The molecule has 0 aromatic carbocycles. The van der Waals surface area contributed by atoms with E-state index in [9.17, 15) is 117 Å². The van der Waals surface area contributed by atoms with Crippen molar-refractivity contribution in [2.24, 2.45) is 0 Å². The molecule has 0 aliphatic carbocycles. The Labute approximate surface area is 475 Å². The van der Waals surface area contributed by atoms with E-state index in [0.717, 1.165) is 13.8 Å². The second-order valence-corrected chi connectivity index (χ2v) is 21.1. The van der Waals surface area contributed by atoms with Gasteiger partial charge in [0.25, 0.3) is 0 Å². The summed E-state index contributed by atoms with van der Waals surface area (Å²) < 4.78 is 74.2. The number of carbonyl (C=O) groups excluding carboxylic acids is 2. The zero-order valence-corrected chi connectivity index (χ0v) is 44.7. The Bertz CT molecular complexity index is 2060. The molecule has 488 valence electrons. The number of ether oxygens (including phenoxy) is 13. The third kappa shape index (κ3) is 14.9. The minimum absolute atomic E-state index is 0.719. The molecule has 0 unspecified atom stereocenters. The Balaban J connectivity index is 1.10. The molecule has 7 aliphatic rings. The smallest absolute Gasteiger partial charge is 0.217 e. The molecule has 38 nitrogen and oxygen atoms in total. The summed E-state index contributed by atoms with van der Waals surface area (Å²) in [6.07, 6.45) is -64.2. The first-order chi connectivity index (χ1) is 39.7. The SMILES string of the molecule is CC(=O)N[C@@H]1[C@@H](O)[C@H](O[C@@H]2O[C@H](CO)[C@@H](O[C@@H]3O[C@H](CO[C@H]4O[C@H](CO[C@H]5O[C@H](CO)[C@@H](O)[C@H](O)[C@@H]5O[C@H]5O[C@H](CO)[C@@H](O)[C@H](O)[C@@H]5O)[C@@H](O)[C@H](O[C@H]5O[C@H](CO)[C@@H](O)[C@H](O)[C@@H]5O)[C@@H]4O)[C@@H](O)[C@H](O)[C@@H]3O)[C@H](O)[C@H]2NC(C)=O)[C@@H](CO)O[C@H]1O. The Morgan fingerprint density at radius 2 is 0.643 bits per heavy atom. The highest BCUT2D eigenvalue weighted by Gasteiger charge is 2.57. The lowest BCUT2D eigenvalue weighted by molar-refractivity contribution is -0.383. The minimum atomic E-state index is -2.24. The zero-order valence-electron chi connectivity index (χ0n) is 44.7. The molecule has 38 heteroatoms. The molecule has 23 N–H and O–H groups in total. The highest BCUT2D eigenvalue weighted by molar-refractivity contribution is 5.73. The van der Waals surface area contributed by atoms with Crippen LogP contribution in [0.25, 0.3) is 0 Å². The summed E-state index contributed by atoms with van der Waals surface area (Å²) in [4.78, 5) is 24.4. The van der Waals surface area contributed by atoms with Crippen molar-refractivity contribution in [2.45, 2.75) is 229 Å². The van der Waals surface area contributed by atoms with E-state index in [-0.39, 0.29) is 0 Å². The van der Waals surface area contributed by atoms with E-state index in [2.05, 4.69) is 10.6 Å². The second-order valence-electron chi connectivity index (χ2n) is 21.1. The van der Waals surface area contributed by atoms with Gasteiger partial charge in [0.05, 0.1) is 46.2 Å². The van der Waals surface area contributed by atoms with Gasteiger partial charge in [-0.15, -0.1) is 0 Å². The fraction of sp³-hybridized carbons (Fsp3) is 0.957. The third-order valence-corrected chi connectivity index (χ3v) is 15.3. The highest BCUT2D eigenvalue weighted by Crippen LogP contribution is 2.36. The van der Waals surface area contributed by atoms with Crippen molar-refractivity contribution in [3.63, 3.8) is 0 Å². The van der Waals surface area contributed by atoms with Crippen LogP contribution in [0.4, 0.5) is 0 Å². The number of aliphatic hydroxyl groups excluding tert-OH is 21. The molecule has 0 saturated carbocycles. The molecule has 0 radical (unpaired) electrons. The normalized spacial score (nSPS) is 50.3. The predicted octanol–water partition coefficient (Wildman–Crippen LogP) is -16.0. The molecule has 7 aliphatic heterocycles. The predicted molar refractivity (Wildman–Crippen MR) is 255 cm³/mol. The van der Waals surface area contributed by atoms with Crippen LogP contribution in [0.2, 0.25) is 0 Å². The molecule has 0 bridgehead atoms. The summed E-state index contributed by atoms with van der Waals surface area (Å²) in [7, 11) is 0. The largest absolute Gasteiger partial charge is 0.394 e. The lowest BCUT2D eigenvalue weighted by Crippen LogP contribution is -2.70. The number of nitrogens with one attached hydrogen (secondary N) is 2.